The van der Waals surface area contributed by atoms with Gasteiger partial charge in [0, 0.05) is 11.3 Å². The molecule has 6 heteroatoms. The lowest BCUT2D eigenvalue weighted by Crippen LogP contribution is -2.12. The topological polar surface area (TPSA) is 75.1 Å². The van der Waals surface area contributed by atoms with Gasteiger partial charge in [-0.3, -0.25) is 4.79 Å². The summed E-state index contributed by atoms with van der Waals surface area (Å²) in [5.74, 6) is 1.12. The van der Waals surface area contributed by atoms with E-state index in [2.05, 4.69) is 20.9 Å². The second-order valence-corrected chi connectivity index (χ2v) is 5.17. The van der Waals surface area contributed by atoms with Crippen LogP contribution in [0.25, 0.3) is 11.1 Å². The number of aromatic nitrogens is 1. The van der Waals surface area contributed by atoms with Crippen molar-refractivity contribution in [2.24, 2.45) is 0 Å². The first kappa shape index (κ1) is 15.1. The summed E-state index contributed by atoms with van der Waals surface area (Å²) in [7, 11) is 3.08. The summed E-state index contributed by atoms with van der Waals surface area (Å²) in [6, 6.07) is 7.20. The lowest BCUT2D eigenvalue weighted by Gasteiger charge is -2.12. The van der Waals surface area contributed by atoms with Crippen molar-refractivity contribution in [3.8, 4) is 28.7 Å². The van der Waals surface area contributed by atoms with E-state index < -0.39 is 5.56 Å². The number of hydrogen-bond donors (Lipinski definition) is 1. The molecule has 1 heterocycles. The molecule has 0 bridgehead atoms. The van der Waals surface area contributed by atoms with E-state index in [1.807, 2.05) is 6.07 Å². The van der Waals surface area contributed by atoms with Crippen molar-refractivity contribution < 1.29 is 9.47 Å². The van der Waals surface area contributed by atoms with Gasteiger partial charge in [-0.1, -0.05) is 0 Å². The zero-order valence-electron chi connectivity index (χ0n) is 11.8. The number of rotatable bonds is 3. The SMILES string of the molecule is COc1cc(-c2cc(C)[nH]c(=O)c2C#N)cc(OC)c1Br. The second-order valence-electron chi connectivity index (χ2n) is 4.38. The number of nitrogens with zero attached hydrogens (tertiary/aromatic N) is 1. The van der Waals surface area contributed by atoms with Crippen LogP contribution in [0.15, 0.2) is 27.5 Å². The number of nitrogens with one attached hydrogen (secondary N) is 1. The van der Waals surface area contributed by atoms with E-state index in [-0.39, 0.29) is 5.56 Å². The molecule has 0 aliphatic rings. The number of hydrogen-bond acceptors (Lipinski definition) is 4. The first-order valence-electron chi connectivity index (χ1n) is 6.07. The van der Waals surface area contributed by atoms with Gasteiger partial charge < -0.3 is 14.5 Å². The van der Waals surface area contributed by atoms with E-state index in [1.54, 1.807) is 25.1 Å². The van der Waals surface area contributed by atoms with Crippen molar-refractivity contribution in [3.63, 3.8) is 0 Å². The molecule has 0 fully saturated rings. The third-order valence-corrected chi connectivity index (χ3v) is 3.82. The summed E-state index contributed by atoms with van der Waals surface area (Å²) in [4.78, 5) is 14.5. The van der Waals surface area contributed by atoms with Gasteiger partial charge in [-0.25, -0.2) is 0 Å². The molecule has 0 radical (unpaired) electrons. The molecule has 0 amide bonds. The summed E-state index contributed by atoms with van der Waals surface area (Å²) in [6.07, 6.45) is 0. The summed E-state index contributed by atoms with van der Waals surface area (Å²) in [6.45, 7) is 1.76. The van der Waals surface area contributed by atoms with E-state index in [0.717, 1.165) is 0 Å². The fourth-order valence-electron chi connectivity index (χ4n) is 2.05. The van der Waals surface area contributed by atoms with Crippen LogP contribution in [0.4, 0.5) is 0 Å². The molecular formula is C15H13BrN2O3. The molecule has 2 rings (SSSR count). The highest BCUT2D eigenvalue weighted by Crippen LogP contribution is 2.39. The Kier molecular flexibility index (Phi) is 4.34. The number of ether oxygens (including phenoxy) is 2. The predicted octanol–water partition coefficient (Wildman–Crippen LogP) is 3.00. The largest absolute Gasteiger partial charge is 0.495 e. The Bertz CT molecular complexity index is 765. The summed E-state index contributed by atoms with van der Waals surface area (Å²) >= 11 is 3.39. The van der Waals surface area contributed by atoms with Gasteiger partial charge in [0.2, 0.25) is 0 Å². The van der Waals surface area contributed by atoms with Crippen LogP contribution in [0.5, 0.6) is 11.5 Å². The van der Waals surface area contributed by atoms with E-state index in [4.69, 9.17) is 9.47 Å². The maximum absolute atomic E-state index is 11.9. The van der Waals surface area contributed by atoms with Crippen LogP contribution in [0.2, 0.25) is 0 Å². The summed E-state index contributed by atoms with van der Waals surface area (Å²) in [5.41, 5.74) is 1.55. The van der Waals surface area contributed by atoms with Crippen molar-refractivity contribution in [2.45, 2.75) is 6.92 Å². The van der Waals surface area contributed by atoms with Crippen LogP contribution in [-0.2, 0) is 0 Å². The van der Waals surface area contributed by atoms with Gasteiger partial charge in [-0.2, -0.15) is 5.26 Å². The standard InChI is InChI=1S/C15H13BrN2O3/c1-8-4-10(11(7-17)15(19)18-8)9-5-12(20-2)14(16)13(6-9)21-3/h4-6H,1-3H3,(H,18,19). The first-order valence-corrected chi connectivity index (χ1v) is 6.87. The van der Waals surface area contributed by atoms with Gasteiger partial charge >= 0.3 is 0 Å². The van der Waals surface area contributed by atoms with Crippen molar-refractivity contribution in [3.05, 3.63) is 44.3 Å². The van der Waals surface area contributed by atoms with Crippen molar-refractivity contribution in [1.29, 1.82) is 5.26 Å². The lowest BCUT2D eigenvalue weighted by molar-refractivity contribution is 0.390. The maximum Gasteiger partial charge on any atom is 0.266 e. The van der Waals surface area contributed by atoms with Gasteiger partial charge in [-0.15, -0.1) is 0 Å². The zero-order chi connectivity index (χ0) is 15.6. The molecule has 0 aliphatic heterocycles. The Labute approximate surface area is 130 Å². The molecule has 5 nitrogen and oxygen atoms in total. The van der Waals surface area contributed by atoms with Crippen molar-refractivity contribution >= 4 is 15.9 Å². The molecule has 0 atom stereocenters. The minimum Gasteiger partial charge on any atom is -0.495 e. The molecule has 21 heavy (non-hydrogen) atoms. The smallest absolute Gasteiger partial charge is 0.266 e. The molecule has 1 aromatic carbocycles. The fraction of sp³-hybridized carbons (Fsp3) is 0.200. The number of methoxy groups -OCH3 is 2. The number of pyridine rings is 1. The average molecular weight is 349 g/mol. The van der Waals surface area contributed by atoms with Crippen LogP contribution in [0.1, 0.15) is 11.3 Å². The molecule has 1 N–H and O–H groups in total. The molecular weight excluding hydrogens is 336 g/mol. The number of nitriles is 1. The highest BCUT2D eigenvalue weighted by molar-refractivity contribution is 9.10. The number of aromatic amines is 1. The number of aryl methyl sites for hydroxylation is 1. The molecule has 0 unspecified atom stereocenters. The quantitative estimate of drug-likeness (QED) is 0.924. The minimum absolute atomic E-state index is 0.0621. The van der Waals surface area contributed by atoms with E-state index in [0.29, 0.717) is 32.8 Å². The zero-order valence-corrected chi connectivity index (χ0v) is 13.4. The third-order valence-electron chi connectivity index (χ3n) is 3.04. The molecule has 0 saturated heterocycles. The minimum atomic E-state index is -0.409. The second kappa shape index (κ2) is 6.02. The molecule has 2 aromatic rings. The van der Waals surface area contributed by atoms with Crippen LogP contribution in [0.3, 0.4) is 0 Å². The monoisotopic (exact) mass is 348 g/mol. The van der Waals surface area contributed by atoms with Gasteiger partial charge in [0.05, 0.1) is 14.2 Å². The van der Waals surface area contributed by atoms with Gasteiger partial charge in [0.1, 0.15) is 27.6 Å². The number of H-pyrrole nitrogens is 1. The number of halogens is 1. The molecule has 0 aliphatic carbocycles. The molecule has 108 valence electrons. The Hall–Kier alpha value is -2.26. The number of benzene rings is 1. The van der Waals surface area contributed by atoms with E-state index in [9.17, 15) is 10.1 Å². The van der Waals surface area contributed by atoms with Gasteiger partial charge in [0.25, 0.3) is 5.56 Å². The van der Waals surface area contributed by atoms with Crippen molar-refractivity contribution in [1.82, 2.24) is 4.98 Å². The summed E-state index contributed by atoms with van der Waals surface area (Å²) < 4.78 is 11.3. The van der Waals surface area contributed by atoms with Crippen LogP contribution < -0.4 is 15.0 Å². The molecule has 0 saturated carbocycles. The Morgan fingerprint density at radius 2 is 1.76 bits per heavy atom. The Balaban J connectivity index is 2.79. The average Bonchev–Trinajstić information content (AvgIpc) is 2.46. The highest BCUT2D eigenvalue weighted by Gasteiger charge is 2.15. The Morgan fingerprint density at radius 1 is 1.19 bits per heavy atom. The lowest BCUT2D eigenvalue weighted by atomic mass is 10.0. The normalized spacial score (nSPS) is 10.0. The van der Waals surface area contributed by atoms with Gasteiger partial charge in [0.15, 0.2) is 0 Å². The van der Waals surface area contributed by atoms with Crippen molar-refractivity contribution in [2.75, 3.05) is 14.2 Å². The Morgan fingerprint density at radius 3 is 2.24 bits per heavy atom. The predicted molar refractivity (Wildman–Crippen MR) is 82.8 cm³/mol. The third kappa shape index (κ3) is 2.78. The fourth-order valence-corrected chi connectivity index (χ4v) is 2.60. The molecule has 1 aromatic heterocycles. The van der Waals surface area contributed by atoms with Gasteiger partial charge in [-0.05, 0) is 46.6 Å². The van der Waals surface area contributed by atoms with E-state index >= 15 is 0 Å². The van der Waals surface area contributed by atoms with Crippen LogP contribution in [-0.4, -0.2) is 19.2 Å². The van der Waals surface area contributed by atoms with Crippen LogP contribution in [0, 0.1) is 18.3 Å². The highest BCUT2D eigenvalue weighted by atomic mass is 79.9. The van der Waals surface area contributed by atoms with Crippen LogP contribution >= 0.6 is 15.9 Å². The van der Waals surface area contributed by atoms with E-state index in [1.165, 1.54) is 14.2 Å². The first-order chi connectivity index (χ1) is 10.0. The molecule has 0 spiro atoms. The summed E-state index contributed by atoms with van der Waals surface area (Å²) in [5, 5.41) is 9.22. The maximum atomic E-state index is 11.9.